The van der Waals surface area contributed by atoms with E-state index in [1.807, 2.05) is 0 Å². The van der Waals surface area contributed by atoms with Gasteiger partial charge in [0.1, 0.15) is 0 Å². The van der Waals surface area contributed by atoms with Gasteiger partial charge in [-0.25, -0.2) is 8.42 Å². The van der Waals surface area contributed by atoms with Gasteiger partial charge in [-0.1, -0.05) is 0 Å². The zero-order valence-electron chi connectivity index (χ0n) is 11.1. The minimum atomic E-state index is -3.08. The number of rotatable bonds is 4. The molecule has 1 rings (SSSR count). The first kappa shape index (κ1) is 14.9. The molecule has 5 heteroatoms. The van der Waals surface area contributed by atoms with Crippen molar-refractivity contribution in [2.45, 2.75) is 44.8 Å². The normalized spacial score (nSPS) is 21.4. The molecule has 0 saturated carbocycles. The Kier molecular flexibility index (Phi) is 4.60. The Labute approximate surface area is 105 Å². The topological polar surface area (TPSA) is 66.4 Å². The van der Waals surface area contributed by atoms with Crippen molar-refractivity contribution >= 4 is 9.84 Å². The third-order valence-electron chi connectivity index (χ3n) is 3.83. The quantitative estimate of drug-likeness (QED) is 0.792. The summed E-state index contributed by atoms with van der Waals surface area (Å²) in [6.45, 7) is 7.03. The van der Waals surface area contributed by atoms with Crippen LogP contribution in [0.3, 0.4) is 0 Å². The number of aliphatic hydroxyl groups is 1. The van der Waals surface area contributed by atoms with Crippen LogP contribution in [0.15, 0.2) is 0 Å². The summed E-state index contributed by atoms with van der Waals surface area (Å²) in [4.78, 5) is 0. The Hall–Kier alpha value is -0.130. The second kappa shape index (κ2) is 5.24. The van der Waals surface area contributed by atoms with E-state index in [2.05, 4.69) is 5.32 Å². The SMILES string of the molecule is CC(C)(C)S(=O)(=O)CCC1(CO)CCNCC1. The molecule has 1 aliphatic heterocycles. The number of aliphatic hydroxyl groups excluding tert-OH is 1. The number of sulfone groups is 1. The van der Waals surface area contributed by atoms with Crippen molar-refractivity contribution < 1.29 is 13.5 Å². The fourth-order valence-electron chi connectivity index (χ4n) is 2.10. The van der Waals surface area contributed by atoms with Crippen LogP contribution in [0.4, 0.5) is 0 Å². The maximum Gasteiger partial charge on any atom is 0.155 e. The lowest BCUT2D eigenvalue weighted by atomic mass is 9.77. The minimum Gasteiger partial charge on any atom is -0.396 e. The second-order valence-corrected chi connectivity index (χ2v) is 8.95. The Morgan fingerprint density at radius 1 is 1.24 bits per heavy atom. The number of hydrogen-bond donors (Lipinski definition) is 2. The molecule has 0 aromatic heterocycles. The molecule has 0 spiro atoms. The van der Waals surface area contributed by atoms with E-state index in [1.165, 1.54) is 0 Å². The van der Waals surface area contributed by atoms with Gasteiger partial charge in [0.15, 0.2) is 9.84 Å². The molecule has 0 amide bonds. The van der Waals surface area contributed by atoms with Crippen molar-refractivity contribution in [1.82, 2.24) is 5.32 Å². The Morgan fingerprint density at radius 2 is 1.76 bits per heavy atom. The summed E-state index contributed by atoms with van der Waals surface area (Å²) in [5.74, 6) is 0.178. The van der Waals surface area contributed by atoms with E-state index in [0.717, 1.165) is 25.9 Å². The van der Waals surface area contributed by atoms with Gasteiger partial charge in [-0.05, 0) is 58.5 Å². The first-order chi connectivity index (χ1) is 7.72. The summed E-state index contributed by atoms with van der Waals surface area (Å²) in [5.41, 5.74) is -0.191. The Morgan fingerprint density at radius 3 is 2.18 bits per heavy atom. The summed E-state index contributed by atoms with van der Waals surface area (Å²) in [7, 11) is -3.08. The van der Waals surface area contributed by atoms with Gasteiger partial charge in [0.25, 0.3) is 0 Å². The van der Waals surface area contributed by atoms with Crippen LogP contribution >= 0.6 is 0 Å². The summed E-state index contributed by atoms with van der Waals surface area (Å²) in [6.07, 6.45) is 2.30. The van der Waals surface area contributed by atoms with Gasteiger partial charge >= 0.3 is 0 Å². The van der Waals surface area contributed by atoms with Crippen molar-refractivity contribution in [2.75, 3.05) is 25.4 Å². The van der Waals surface area contributed by atoms with Crippen molar-refractivity contribution in [1.29, 1.82) is 0 Å². The highest BCUT2D eigenvalue weighted by molar-refractivity contribution is 7.92. The molecular weight excluding hydrogens is 238 g/mol. The highest BCUT2D eigenvalue weighted by atomic mass is 32.2. The van der Waals surface area contributed by atoms with Crippen molar-refractivity contribution in [3.63, 3.8) is 0 Å². The van der Waals surface area contributed by atoms with E-state index in [-0.39, 0.29) is 17.8 Å². The molecule has 0 aliphatic carbocycles. The van der Waals surface area contributed by atoms with Crippen LogP contribution in [0, 0.1) is 5.41 Å². The van der Waals surface area contributed by atoms with Crippen LogP contribution in [0.2, 0.25) is 0 Å². The van der Waals surface area contributed by atoms with Crippen molar-refractivity contribution in [2.24, 2.45) is 5.41 Å². The smallest absolute Gasteiger partial charge is 0.155 e. The summed E-state index contributed by atoms with van der Waals surface area (Å²) in [5, 5.41) is 12.8. The fourth-order valence-corrected chi connectivity index (χ4v) is 3.42. The molecule has 1 fully saturated rings. The molecule has 1 heterocycles. The molecule has 0 aromatic rings. The Balaban J connectivity index is 2.65. The fraction of sp³-hybridized carbons (Fsp3) is 1.00. The monoisotopic (exact) mass is 263 g/mol. The van der Waals surface area contributed by atoms with Gasteiger partial charge in [-0.3, -0.25) is 0 Å². The van der Waals surface area contributed by atoms with E-state index < -0.39 is 14.6 Å². The molecule has 0 bridgehead atoms. The van der Waals surface area contributed by atoms with Gasteiger partial charge in [0.2, 0.25) is 0 Å². The molecule has 0 atom stereocenters. The van der Waals surface area contributed by atoms with Gasteiger partial charge in [0, 0.05) is 6.61 Å². The lowest BCUT2D eigenvalue weighted by Gasteiger charge is -2.36. The Bertz CT molecular complexity index is 337. The first-order valence-corrected chi connectivity index (χ1v) is 7.92. The molecule has 4 nitrogen and oxygen atoms in total. The van der Waals surface area contributed by atoms with Gasteiger partial charge < -0.3 is 10.4 Å². The zero-order valence-corrected chi connectivity index (χ0v) is 11.9. The maximum atomic E-state index is 12.1. The number of piperidine rings is 1. The summed E-state index contributed by atoms with van der Waals surface area (Å²) < 4.78 is 23.4. The summed E-state index contributed by atoms with van der Waals surface area (Å²) in [6, 6.07) is 0. The van der Waals surface area contributed by atoms with Crippen LogP contribution in [0.25, 0.3) is 0 Å². The number of nitrogens with one attached hydrogen (secondary N) is 1. The molecular formula is C12H25NO3S. The number of hydrogen-bond acceptors (Lipinski definition) is 4. The van der Waals surface area contributed by atoms with Gasteiger partial charge in [-0.15, -0.1) is 0 Å². The summed E-state index contributed by atoms with van der Waals surface area (Å²) >= 11 is 0. The molecule has 17 heavy (non-hydrogen) atoms. The standard InChI is InChI=1S/C12H25NO3S/c1-11(2,3)17(15,16)9-6-12(10-14)4-7-13-8-5-12/h13-14H,4-10H2,1-3H3. The van der Waals surface area contributed by atoms with Crippen LogP contribution in [-0.2, 0) is 9.84 Å². The predicted molar refractivity (Wildman–Crippen MR) is 69.8 cm³/mol. The largest absolute Gasteiger partial charge is 0.396 e. The molecule has 1 aliphatic rings. The molecule has 102 valence electrons. The van der Waals surface area contributed by atoms with E-state index in [0.29, 0.717) is 6.42 Å². The van der Waals surface area contributed by atoms with E-state index in [1.54, 1.807) is 20.8 Å². The van der Waals surface area contributed by atoms with Crippen LogP contribution in [0.5, 0.6) is 0 Å². The van der Waals surface area contributed by atoms with Crippen molar-refractivity contribution in [3.05, 3.63) is 0 Å². The predicted octanol–water partition coefficient (Wildman–Crippen LogP) is 0.952. The molecule has 0 unspecified atom stereocenters. The van der Waals surface area contributed by atoms with E-state index >= 15 is 0 Å². The molecule has 2 N–H and O–H groups in total. The molecule has 0 radical (unpaired) electrons. The van der Waals surface area contributed by atoms with E-state index in [9.17, 15) is 13.5 Å². The zero-order chi connectivity index (χ0) is 13.2. The first-order valence-electron chi connectivity index (χ1n) is 6.26. The average Bonchev–Trinajstić information content (AvgIpc) is 2.26. The average molecular weight is 263 g/mol. The molecule has 0 aromatic carbocycles. The lowest BCUT2D eigenvalue weighted by Crippen LogP contribution is -2.41. The van der Waals surface area contributed by atoms with Crippen LogP contribution in [0.1, 0.15) is 40.0 Å². The highest BCUT2D eigenvalue weighted by Crippen LogP contribution is 2.33. The minimum absolute atomic E-state index is 0.0916. The second-order valence-electron chi connectivity index (χ2n) is 6.09. The highest BCUT2D eigenvalue weighted by Gasteiger charge is 2.36. The van der Waals surface area contributed by atoms with Crippen LogP contribution in [-0.4, -0.2) is 43.7 Å². The van der Waals surface area contributed by atoms with Crippen LogP contribution < -0.4 is 5.32 Å². The van der Waals surface area contributed by atoms with Gasteiger partial charge in [-0.2, -0.15) is 0 Å². The third kappa shape index (κ3) is 3.66. The maximum absolute atomic E-state index is 12.1. The molecule has 1 saturated heterocycles. The van der Waals surface area contributed by atoms with Gasteiger partial charge in [0.05, 0.1) is 10.5 Å². The third-order valence-corrected chi connectivity index (χ3v) is 6.44. The van der Waals surface area contributed by atoms with E-state index in [4.69, 9.17) is 0 Å². The lowest BCUT2D eigenvalue weighted by molar-refractivity contribution is 0.0859. The van der Waals surface area contributed by atoms with Crippen molar-refractivity contribution in [3.8, 4) is 0 Å².